The summed E-state index contributed by atoms with van der Waals surface area (Å²) in [6, 6.07) is 23.0. The van der Waals surface area contributed by atoms with Crippen LogP contribution in [0, 0.1) is 0 Å². The summed E-state index contributed by atoms with van der Waals surface area (Å²) >= 11 is 0. The molecule has 0 bridgehead atoms. The summed E-state index contributed by atoms with van der Waals surface area (Å²) in [6.07, 6.45) is 1.52. The molecule has 0 saturated heterocycles. The van der Waals surface area contributed by atoms with Crippen LogP contribution in [0.25, 0.3) is 16.6 Å². The summed E-state index contributed by atoms with van der Waals surface area (Å²) in [6.45, 7) is 11.8. The van der Waals surface area contributed by atoms with Gasteiger partial charge in [-0.05, 0) is 79.9 Å². The SMILES string of the molecule is CCc1ccc(-n2c(C(CC)N(CCN(C)C)C(=O)c3ccc(C(C)(C)C)cc3)nc3ccccc3c2=O)cc1. The second-order valence-corrected chi connectivity index (χ2v) is 11.7. The number of aryl methyl sites for hydroxylation is 1. The third-order valence-electron chi connectivity index (χ3n) is 7.51. The van der Waals surface area contributed by atoms with Crippen LogP contribution in [-0.2, 0) is 11.8 Å². The molecule has 0 saturated carbocycles. The van der Waals surface area contributed by atoms with Crippen LogP contribution in [0.5, 0.6) is 0 Å². The quantitative estimate of drug-likeness (QED) is 0.247. The lowest BCUT2D eigenvalue weighted by Gasteiger charge is -2.33. The maximum absolute atomic E-state index is 14.2. The highest BCUT2D eigenvalue weighted by molar-refractivity contribution is 5.94. The highest BCUT2D eigenvalue weighted by atomic mass is 16.2. The van der Waals surface area contributed by atoms with E-state index in [1.54, 1.807) is 4.57 Å². The fourth-order valence-corrected chi connectivity index (χ4v) is 5.03. The van der Waals surface area contributed by atoms with Gasteiger partial charge < -0.3 is 9.80 Å². The van der Waals surface area contributed by atoms with Gasteiger partial charge in [0.2, 0.25) is 0 Å². The smallest absolute Gasteiger partial charge is 0.266 e. The molecule has 0 fully saturated rings. The average Bonchev–Trinajstić information content (AvgIpc) is 2.94. The lowest BCUT2D eigenvalue weighted by atomic mass is 9.86. The Bertz CT molecular complexity index is 1510. The normalized spacial score (nSPS) is 12.6. The van der Waals surface area contributed by atoms with Crippen LogP contribution < -0.4 is 5.56 Å². The Labute approximate surface area is 238 Å². The van der Waals surface area contributed by atoms with Crippen LogP contribution in [0.2, 0.25) is 0 Å². The summed E-state index contributed by atoms with van der Waals surface area (Å²) in [5, 5.41) is 0.560. The van der Waals surface area contributed by atoms with Crippen LogP contribution in [0.4, 0.5) is 0 Å². The molecule has 1 atom stereocenters. The van der Waals surface area contributed by atoms with Crippen LogP contribution >= 0.6 is 0 Å². The number of para-hydroxylation sites is 1. The summed E-state index contributed by atoms with van der Waals surface area (Å²) in [5.74, 6) is 0.512. The molecule has 40 heavy (non-hydrogen) atoms. The van der Waals surface area contributed by atoms with E-state index in [-0.39, 0.29) is 16.9 Å². The number of aromatic nitrogens is 2. The van der Waals surface area contributed by atoms with Crippen molar-refractivity contribution in [2.24, 2.45) is 0 Å². The van der Waals surface area contributed by atoms with E-state index in [1.807, 2.05) is 91.8 Å². The molecule has 6 nitrogen and oxygen atoms in total. The zero-order valence-corrected chi connectivity index (χ0v) is 24.9. The molecule has 3 aromatic carbocycles. The molecule has 0 spiro atoms. The summed E-state index contributed by atoms with van der Waals surface area (Å²) in [7, 11) is 4.00. The number of fused-ring (bicyclic) bond motifs is 1. The van der Waals surface area contributed by atoms with E-state index in [1.165, 1.54) is 11.1 Å². The second kappa shape index (κ2) is 12.2. The highest BCUT2D eigenvalue weighted by Gasteiger charge is 2.30. The van der Waals surface area contributed by atoms with E-state index in [0.717, 1.165) is 12.1 Å². The van der Waals surface area contributed by atoms with Crippen molar-refractivity contribution >= 4 is 16.8 Å². The highest BCUT2D eigenvalue weighted by Crippen LogP contribution is 2.29. The Kier molecular flexibility index (Phi) is 8.89. The minimum atomic E-state index is -0.405. The minimum absolute atomic E-state index is 0.00342. The Hall–Kier alpha value is -3.77. The van der Waals surface area contributed by atoms with E-state index < -0.39 is 6.04 Å². The van der Waals surface area contributed by atoms with Gasteiger partial charge in [0.1, 0.15) is 5.82 Å². The number of amides is 1. The van der Waals surface area contributed by atoms with Crippen molar-refractivity contribution < 1.29 is 4.79 Å². The molecule has 0 N–H and O–H groups in total. The second-order valence-electron chi connectivity index (χ2n) is 11.7. The van der Waals surface area contributed by atoms with Gasteiger partial charge in [0.25, 0.3) is 11.5 Å². The number of carbonyl (C=O) groups excluding carboxylic acids is 1. The number of hydrogen-bond acceptors (Lipinski definition) is 4. The molecule has 4 aromatic rings. The first-order valence-corrected chi connectivity index (χ1v) is 14.2. The molecule has 6 heteroatoms. The lowest BCUT2D eigenvalue weighted by molar-refractivity contribution is 0.0644. The first-order chi connectivity index (χ1) is 19.0. The zero-order valence-electron chi connectivity index (χ0n) is 24.9. The van der Waals surface area contributed by atoms with Gasteiger partial charge in [-0.25, -0.2) is 4.98 Å². The standard InChI is InChI=1S/C34H42N4O2/c1-8-24-14-20-27(21-15-24)38-31(35-29-13-11-10-12-28(29)33(38)40)30(9-2)37(23-22-36(6)7)32(39)25-16-18-26(19-17-25)34(3,4)5/h10-21,30H,8-9,22-23H2,1-7H3. The number of likely N-dealkylation sites (N-methyl/N-ethyl adjacent to an activating group) is 1. The predicted octanol–water partition coefficient (Wildman–Crippen LogP) is 6.40. The predicted molar refractivity (Wildman–Crippen MR) is 164 cm³/mol. The van der Waals surface area contributed by atoms with Gasteiger partial charge in [-0.2, -0.15) is 0 Å². The maximum atomic E-state index is 14.2. The zero-order chi connectivity index (χ0) is 29.0. The molecular weight excluding hydrogens is 496 g/mol. The van der Waals surface area contributed by atoms with Gasteiger partial charge in [0.15, 0.2) is 0 Å². The van der Waals surface area contributed by atoms with Crippen molar-refractivity contribution in [3.63, 3.8) is 0 Å². The topological polar surface area (TPSA) is 58.4 Å². The maximum Gasteiger partial charge on any atom is 0.266 e. The Morgan fingerprint density at radius 1 is 0.900 bits per heavy atom. The Morgan fingerprint density at radius 3 is 2.12 bits per heavy atom. The van der Waals surface area contributed by atoms with Crippen molar-refractivity contribution in [1.82, 2.24) is 19.4 Å². The lowest BCUT2D eigenvalue weighted by Crippen LogP contribution is -2.41. The number of carbonyl (C=O) groups is 1. The van der Waals surface area contributed by atoms with Crippen molar-refractivity contribution in [3.05, 3.63) is 106 Å². The van der Waals surface area contributed by atoms with E-state index in [4.69, 9.17) is 4.98 Å². The number of benzene rings is 3. The van der Waals surface area contributed by atoms with Gasteiger partial charge >= 0.3 is 0 Å². The van der Waals surface area contributed by atoms with E-state index >= 15 is 0 Å². The molecule has 1 unspecified atom stereocenters. The Morgan fingerprint density at radius 2 is 1.55 bits per heavy atom. The first-order valence-electron chi connectivity index (χ1n) is 14.2. The third-order valence-corrected chi connectivity index (χ3v) is 7.51. The Balaban J connectivity index is 1.89. The molecule has 1 aromatic heterocycles. The molecular formula is C34H42N4O2. The van der Waals surface area contributed by atoms with Gasteiger partial charge in [0, 0.05) is 18.7 Å². The fourth-order valence-electron chi connectivity index (χ4n) is 5.03. The number of hydrogen-bond donors (Lipinski definition) is 0. The molecule has 4 rings (SSSR count). The molecule has 0 aliphatic rings. The summed E-state index contributed by atoms with van der Waals surface area (Å²) in [4.78, 5) is 37.2. The molecule has 0 radical (unpaired) electrons. The van der Waals surface area contributed by atoms with Gasteiger partial charge in [-0.3, -0.25) is 14.2 Å². The summed E-state index contributed by atoms with van der Waals surface area (Å²) < 4.78 is 1.70. The van der Waals surface area contributed by atoms with Gasteiger partial charge in [-0.1, -0.05) is 71.0 Å². The number of nitrogens with zero attached hydrogens (tertiary/aromatic N) is 4. The van der Waals surface area contributed by atoms with Crippen LogP contribution in [0.3, 0.4) is 0 Å². The molecule has 0 aliphatic carbocycles. The molecule has 210 valence electrons. The number of rotatable bonds is 9. The van der Waals surface area contributed by atoms with Gasteiger partial charge in [0.05, 0.1) is 22.6 Å². The van der Waals surface area contributed by atoms with Crippen LogP contribution in [0.1, 0.15) is 74.4 Å². The molecule has 0 aliphatic heterocycles. The van der Waals surface area contributed by atoms with Gasteiger partial charge in [-0.15, -0.1) is 0 Å². The van der Waals surface area contributed by atoms with E-state index in [9.17, 15) is 9.59 Å². The van der Waals surface area contributed by atoms with Crippen LogP contribution in [-0.4, -0.2) is 52.4 Å². The van der Waals surface area contributed by atoms with Crippen molar-refractivity contribution in [3.8, 4) is 5.69 Å². The molecule has 1 amide bonds. The summed E-state index contributed by atoms with van der Waals surface area (Å²) in [5.41, 5.74) is 4.26. The van der Waals surface area contributed by atoms with E-state index in [0.29, 0.717) is 41.8 Å². The van der Waals surface area contributed by atoms with Crippen molar-refractivity contribution in [2.75, 3.05) is 27.2 Å². The van der Waals surface area contributed by atoms with Crippen LogP contribution in [0.15, 0.2) is 77.6 Å². The third kappa shape index (κ3) is 6.18. The average molecular weight is 539 g/mol. The van der Waals surface area contributed by atoms with Crippen molar-refractivity contribution in [1.29, 1.82) is 0 Å². The van der Waals surface area contributed by atoms with E-state index in [2.05, 4.69) is 39.5 Å². The largest absolute Gasteiger partial charge is 0.327 e. The first kappa shape index (κ1) is 29.2. The minimum Gasteiger partial charge on any atom is -0.327 e. The fraction of sp³-hybridized carbons (Fsp3) is 0.382. The van der Waals surface area contributed by atoms with Crippen molar-refractivity contribution in [2.45, 2.75) is 58.9 Å². The monoisotopic (exact) mass is 538 g/mol. The molecule has 1 heterocycles.